The molecule has 0 bridgehead atoms. The number of hydrogen-bond donors (Lipinski definition) is 1. The van der Waals surface area contributed by atoms with Gasteiger partial charge in [0.05, 0.1) is 18.0 Å². The summed E-state index contributed by atoms with van der Waals surface area (Å²) in [5.41, 5.74) is 0.0949. The molecule has 1 aliphatic rings. The fraction of sp³-hybridized carbons (Fsp3) is 0.375. The summed E-state index contributed by atoms with van der Waals surface area (Å²) in [7, 11) is 0. The Morgan fingerprint density at radius 1 is 1.16 bits per heavy atom. The van der Waals surface area contributed by atoms with Gasteiger partial charge in [0.15, 0.2) is 5.76 Å². The zero-order chi connectivity index (χ0) is 17.8. The predicted octanol–water partition coefficient (Wildman–Crippen LogP) is 0.549. The van der Waals surface area contributed by atoms with Crippen LogP contribution in [0.25, 0.3) is 0 Å². The molecule has 0 atom stereocenters. The predicted molar refractivity (Wildman–Crippen MR) is 85.0 cm³/mol. The van der Waals surface area contributed by atoms with Crippen molar-refractivity contribution in [1.82, 2.24) is 19.6 Å². The van der Waals surface area contributed by atoms with Crippen LogP contribution in [-0.4, -0.2) is 68.6 Å². The quantitative estimate of drug-likeness (QED) is 0.847. The smallest absolute Gasteiger partial charge is 0.338 e. The highest BCUT2D eigenvalue weighted by molar-refractivity contribution is 5.91. The number of aromatic nitrogens is 2. The molecule has 132 valence electrons. The van der Waals surface area contributed by atoms with E-state index in [9.17, 15) is 14.4 Å². The lowest BCUT2D eigenvalue weighted by Gasteiger charge is -2.34. The number of nitrogens with zero attached hydrogens (tertiary/aromatic N) is 4. The Bertz CT molecular complexity index is 759. The van der Waals surface area contributed by atoms with E-state index in [1.54, 1.807) is 21.9 Å². The van der Waals surface area contributed by atoms with Crippen LogP contribution < -0.4 is 0 Å². The van der Waals surface area contributed by atoms with Crippen molar-refractivity contribution < 1.29 is 23.9 Å². The monoisotopic (exact) mass is 346 g/mol. The molecule has 1 saturated heterocycles. The summed E-state index contributed by atoms with van der Waals surface area (Å²) in [6.07, 6.45) is 4.34. The summed E-state index contributed by atoms with van der Waals surface area (Å²) in [4.78, 5) is 38.6. The third-order valence-electron chi connectivity index (χ3n) is 4.09. The van der Waals surface area contributed by atoms with Crippen LogP contribution in [0.5, 0.6) is 0 Å². The minimum Gasteiger partial charge on any atom is -0.478 e. The lowest BCUT2D eigenvalue weighted by Crippen LogP contribution is -2.50. The molecule has 9 nitrogen and oxygen atoms in total. The highest BCUT2D eigenvalue weighted by Gasteiger charge is 2.25. The van der Waals surface area contributed by atoms with Gasteiger partial charge in [-0.05, 0) is 12.1 Å². The van der Waals surface area contributed by atoms with Gasteiger partial charge in [-0.2, -0.15) is 5.10 Å². The molecule has 1 N–H and O–H groups in total. The topological polar surface area (TPSA) is 109 Å². The van der Waals surface area contributed by atoms with Gasteiger partial charge in [0, 0.05) is 45.3 Å². The maximum atomic E-state index is 12.3. The molecular formula is C16H18N4O5. The molecule has 2 aromatic heterocycles. The maximum Gasteiger partial charge on any atom is 0.338 e. The van der Waals surface area contributed by atoms with Crippen LogP contribution in [0.15, 0.2) is 35.2 Å². The van der Waals surface area contributed by atoms with Crippen molar-refractivity contribution in [3.05, 3.63) is 42.1 Å². The number of carbonyl (C=O) groups excluding carboxylic acids is 2. The Balaban J connectivity index is 1.46. The van der Waals surface area contributed by atoms with Crippen LogP contribution in [0.4, 0.5) is 0 Å². The standard InChI is InChI=1S/C16H18N4O5/c21-14(3-4-20-11-12(10-17-20)16(23)24)18-5-7-19(8-6-18)15(22)13-2-1-9-25-13/h1-2,9-11H,3-8H2,(H,23,24). The van der Waals surface area contributed by atoms with Crippen LogP contribution in [0.3, 0.4) is 0 Å². The zero-order valence-electron chi connectivity index (χ0n) is 13.5. The summed E-state index contributed by atoms with van der Waals surface area (Å²) >= 11 is 0. The fourth-order valence-electron chi connectivity index (χ4n) is 2.68. The molecule has 0 aliphatic carbocycles. The Kier molecular flexibility index (Phi) is 4.82. The van der Waals surface area contributed by atoms with Gasteiger partial charge in [0.25, 0.3) is 5.91 Å². The Morgan fingerprint density at radius 3 is 2.48 bits per heavy atom. The molecule has 2 aromatic rings. The highest BCUT2D eigenvalue weighted by atomic mass is 16.4. The molecule has 0 spiro atoms. The number of carboxylic acid groups (broad SMARTS) is 1. The molecule has 0 saturated carbocycles. The first-order chi connectivity index (χ1) is 12.0. The molecule has 2 amide bonds. The first kappa shape index (κ1) is 16.7. The average molecular weight is 346 g/mol. The van der Waals surface area contributed by atoms with Gasteiger partial charge in [-0.15, -0.1) is 0 Å². The fourth-order valence-corrected chi connectivity index (χ4v) is 2.68. The summed E-state index contributed by atoms with van der Waals surface area (Å²) in [5, 5.41) is 12.8. The number of carbonyl (C=O) groups is 3. The lowest BCUT2D eigenvalue weighted by atomic mass is 10.2. The number of piperazine rings is 1. The first-order valence-electron chi connectivity index (χ1n) is 7.91. The summed E-state index contributed by atoms with van der Waals surface area (Å²) in [6, 6.07) is 3.29. The second kappa shape index (κ2) is 7.20. The van der Waals surface area contributed by atoms with Crippen molar-refractivity contribution in [2.45, 2.75) is 13.0 Å². The Morgan fingerprint density at radius 2 is 1.88 bits per heavy atom. The van der Waals surface area contributed by atoms with E-state index in [4.69, 9.17) is 9.52 Å². The SMILES string of the molecule is O=C(O)c1cnn(CCC(=O)N2CCN(C(=O)c3ccco3)CC2)c1. The summed E-state index contributed by atoms with van der Waals surface area (Å²) < 4.78 is 6.55. The maximum absolute atomic E-state index is 12.3. The Hall–Kier alpha value is -3.10. The van der Waals surface area contributed by atoms with Gasteiger partial charge in [-0.25, -0.2) is 4.79 Å². The molecule has 0 unspecified atom stereocenters. The second-order valence-electron chi connectivity index (χ2n) is 5.70. The average Bonchev–Trinajstić information content (AvgIpc) is 3.31. The van der Waals surface area contributed by atoms with Crippen molar-refractivity contribution in [2.75, 3.05) is 26.2 Å². The molecular weight excluding hydrogens is 328 g/mol. The number of furan rings is 1. The largest absolute Gasteiger partial charge is 0.478 e. The number of carboxylic acids is 1. The molecule has 0 aromatic carbocycles. The number of aryl methyl sites for hydroxylation is 1. The minimum atomic E-state index is -1.05. The van der Waals surface area contributed by atoms with Crippen LogP contribution >= 0.6 is 0 Å². The molecule has 3 rings (SSSR count). The van der Waals surface area contributed by atoms with Crippen molar-refractivity contribution >= 4 is 17.8 Å². The Labute approximate surface area is 143 Å². The van der Waals surface area contributed by atoms with Gasteiger partial charge in [-0.1, -0.05) is 0 Å². The van der Waals surface area contributed by atoms with Crippen molar-refractivity contribution in [3.8, 4) is 0 Å². The molecule has 1 aliphatic heterocycles. The summed E-state index contributed by atoms with van der Waals surface area (Å²) in [5.74, 6) is -0.963. The van der Waals surface area contributed by atoms with Gasteiger partial charge >= 0.3 is 5.97 Å². The van der Waals surface area contributed by atoms with Gasteiger partial charge in [-0.3, -0.25) is 14.3 Å². The first-order valence-corrected chi connectivity index (χ1v) is 7.91. The number of rotatable bonds is 5. The van der Waals surface area contributed by atoms with Crippen LogP contribution in [0.1, 0.15) is 27.3 Å². The van der Waals surface area contributed by atoms with E-state index in [1.165, 1.54) is 23.3 Å². The van der Waals surface area contributed by atoms with E-state index < -0.39 is 5.97 Å². The third kappa shape index (κ3) is 3.87. The zero-order valence-corrected chi connectivity index (χ0v) is 13.5. The highest BCUT2D eigenvalue weighted by Crippen LogP contribution is 2.10. The van der Waals surface area contributed by atoms with E-state index in [0.29, 0.717) is 38.5 Å². The van der Waals surface area contributed by atoms with Crippen LogP contribution in [-0.2, 0) is 11.3 Å². The minimum absolute atomic E-state index is 0.0440. The lowest BCUT2D eigenvalue weighted by molar-refractivity contribution is -0.132. The van der Waals surface area contributed by atoms with Gasteiger partial charge < -0.3 is 19.3 Å². The van der Waals surface area contributed by atoms with Gasteiger partial charge in [0.1, 0.15) is 0 Å². The third-order valence-corrected chi connectivity index (χ3v) is 4.09. The molecule has 9 heteroatoms. The number of amides is 2. The van der Waals surface area contributed by atoms with E-state index in [-0.39, 0.29) is 23.8 Å². The second-order valence-corrected chi connectivity index (χ2v) is 5.70. The number of hydrogen-bond acceptors (Lipinski definition) is 5. The van der Waals surface area contributed by atoms with Crippen molar-refractivity contribution in [2.24, 2.45) is 0 Å². The van der Waals surface area contributed by atoms with Crippen LogP contribution in [0.2, 0.25) is 0 Å². The normalized spacial score (nSPS) is 14.6. The van der Waals surface area contributed by atoms with E-state index >= 15 is 0 Å². The molecule has 0 radical (unpaired) electrons. The van der Waals surface area contributed by atoms with Crippen LogP contribution in [0, 0.1) is 0 Å². The molecule has 1 fully saturated rings. The molecule has 25 heavy (non-hydrogen) atoms. The number of aromatic carboxylic acids is 1. The van der Waals surface area contributed by atoms with Crippen molar-refractivity contribution in [1.29, 1.82) is 0 Å². The van der Waals surface area contributed by atoms with Crippen molar-refractivity contribution in [3.63, 3.8) is 0 Å². The molecule has 3 heterocycles. The van der Waals surface area contributed by atoms with E-state index in [0.717, 1.165) is 0 Å². The summed E-state index contributed by atoms with van der Waals surface area (Å²) in [6.45, 7) is 2.15. The van der Waals surface area contributed by atoms with E-state index in [1.807, 2.05) is 0 Å². The van der Waals surface area contributed by atoms with E-state index in [2.05, 4.69) is 5.10 Å². The van der Waals surface area contributed by atoms with Gasteiger partial charge in [0.2, 0.25) is 5.91 Å².